The Morgan fingerprint density at radius 2 is 2.24 bits per heavy atom. The summed E-state index contributed by atoms with van der Waals surface area (Å²) >= 11 is 0. The minimum Gasteiger partial charge on any atom is -0.396 e. The molecule has 1 saturated carbocycles. The Balaban J connectivity index is 2.28. The first kappa shape index (κ1) is 12.0. The van der Waals surface area contributed by atoms with Gasteiger partial charge in [0.15, 0.2) is 0 Å². The summed E-state index contributed by atoms with van der Waals surface area (Å²) in [5.74, 6) is -1.13. The third-order valence-electron chi connectivity index (χ3n) is 3.35. The van der Waals surface area contributed by atoms with Gasteiger partial charge in [0.05, 0.1) is 12.8 Å². The van der Waals surface area contributed by atoms with Crippen molar-refractivity contribution in [1.82, 2.24) is 9.55 Å². The summed E-state index contributed by atoms with van der Waals surface area (Å²) in [6.07, 6.45) is 1.40. The van der Waals surface area contributed by atoms with E-state index in [4.69, 9.17) is 5.11 Å². The van der Waals surface area contributed by atoms with Gasteiger partial charge in [0, 0.05) is 18.6 Å². The molecule has 94 valence electrons. The normalized spacial score (nSPS) is 27.1. The molecule has 2 atom stereocenters. The van der Waals surface area contributed by atoms with Crippen molar-refractivity contribution in [1.29, 1.82) is 0 Å². The van der Waals surface area contributed by atoms with E-state index in [1.807, 2.05) is 4.98 Å². The van der Waals surface area contributed by atoms with Crippen molar-refractivity contribution in [2.75, 3.05) is 13.2 Å². The number of aromatic nitrogens is 2. The molecule has 0 aromatic carbocycles. The van der Waals surface area contributed by atoms with E-state index in [9.17, 15) is 19.1 Å². The van der Waals surface area contributed by atoms with E-state index in [1.54, 1.807) is 0 Å². The van der Waals surface area contributed by atoms with Gasteiger partial charge in [-0.05, 0) is 12.3 Å². The SMILES string of the molecule is O=c1[nH]c(=O)n(C[C@]2(CO)C[C@H]2CO)cc1F. The molecule has 1 aromatic heterocycles. The predicted molar refractivity (Wildman–Crippen MR) is 56.0 cm³/mol. The molecule has 0 unspecified atom stereocenters. The van der Waals surface area contributed by atoms with E-state index in [0.29, 0.717) is 6.42 Å². The summed E-state index contributed by atoms with van der Waals surface area (Å²) in [6, 6.07) is 0. The number of hydrogen-bond donors (Lipinski definition) is 3. The van der Waals surface area contributed by atoms with Crippen LogP contribution in [0.25, 0.3) is 0 Å². The highest BCUT2D eigenvalue weighted by Crippen LogP contribution is 2.52. The number of aliphatic hydroxyl groups is 2. The van der Waals surface area contributed by atoms with Crippen LogP contribution in [0.15, 0.2) is 15.8 Å². The molecule has 1 heterocycles. The molecule has 0 aliphatic heterocycles. The first-order chi connectivity index (χ1) is 8.02. The average Bonchev–Trinajstić information content (AvgIpc) is 3.00. The summed E-state index contributed by atoms with van der Waals surface area (Å²) in [5, 5.41) is 18.2. The van der Waals surface area contributed by atoms with E-state index in [2.05, 4.69) is 0 Å². The monoisotopic (exact) mass is 244 g/mol. The van der Waals surface area contributed by atoms with Gasteiger partial charge < -0.3 is 10.2 Å². The maximum absolute atomic E-state index is 13.0. The molecular weight excluding hydrogens is 231 g/mol. The first-order valence-corrected chi connectivity index (χ1v) is 5.23. The minimum absolute atomic E-state index is 0.0822. The molecule has 2 rings (SSSR count). The fourth-order valence-corrected chi connectivity index (χ4v) is 2.07. The smallest absolute Gasteiger partial charge is 0.328 e. The van der Waals surface area contributed by atoms with Crippen LogP contribution in [0.4, 0.5) is 4.39 Å². The number of rotatable bonds is 4. The van der Waals surface area contributed by atoms with Crippen molar-refractivity contribution >= 4 is 0 Å². The topological polar surface area (TPSA) is 95.3 Å². The number of H-pyrrole nitrogens is 1. The van der Waals surface area contributed by atoms with Crippen molar-refractivity contribution in [3.05, 3.63) is 32.9 Å². The zero-order chi connectivity index (χ0) is 12.6. The summed E-state index contributed by atoms with van der Waals surface area (Å²) in [4.78, 5) is 24.1. The van der Waals surface area contributed by atoms with E-state index >= 15 is 0 Å². The van der Waals surface area contributed by atoms with Crippen LogP contribution in [0.3, 0.4) is 0 Å². The number of halogens is 1. The number of aromatic amines is 1. The van der Waals surface area contributed by atoms with Crippen LogP contribution >= 0.6 is 0 Å². The number of aliphatic hydroxyl groups excluding tert-OH is 2. The van der Waals surface area contributed by atoms with Crippen molar-refractivity contribution in [3.8, 4) is 0 Å². The molecule has 3 N–H and O–H groups in total. The van der Waals surface area contributed by atoms with Crippen LogP contribution in [0.1, 0.15) is 6.42 Å². The second kappa shape index (κ2) is 4.08. The fraction of sp³-hybridized carbons (Fsp3) is 0.600. The number of hydrogen-bond acceptors (Lipinski definition) is 4. The molecule has 7 heteroatoms. The van der Waals surface area contributed by atoms with Crippen molar-refractivity contribution in [2.45, 2.75) is 13.0 Å². The molecule has 1 aliphatic carbocycles. The molecule has 6 nitrogen and oxygen atoms in total. The standard InChI is InChI=1S/C10H13FN2O4/c11-7-2-13(9(17)12-8(7)16)4-10(5-15)1-6(10)3-14/h2,6,14-15H,1,3-5H2,(H,12,16,17)/t6-,10-/m0/s1. The van der Waals surface area contributed by atoms with Crippen molar-refractivity contribution < 1.29 is 14.6 Å². The van der Waals surface area contributed by atoms with Crippen LogP contribution < -0.4 is 11.2 Å². The largest absolute Gasteiger partial charge is 0.396 e. The van der Waals surface area contributed by atoms with Gasteiger partial charge in [0.2, 0.25) is 5.82 Å². The fourth-order valence-electron chi connectivity index (χ4n) is 2.07. The van der Waals surface area contributed by atoms with Gasteiger partial charge in [0.25, 0.3) is 5.56 Å². The Bertz CT molecular complexity index is 538. The summed E-state index contributed by atoms with van der Waals surface area (Å²) < 4.78 is 14.0. The number of nitrogens with one attached hydrogen (secondary N) is 1. The first-order valence-electron chi connectivity index (χ1n) is 5.23. The van der Waals surface area contributed by atoms with Crippen LogP contribution in [0, 0.1) is 17.2 Å². The Morgan fingerprint density at radius 1 is 1.53 bits per heavy atom. The second-order valence-corrected chi connectivity index (χ2v) is 4.47. The van der Waals surface area contributed by atoms with Gasteiger partial charge in [-0.1, -0.05) is 0 Å². The highest BCUT2D eigenvalue weighted by molar-refractivity contribution is 5.02. The van der Waals surface area contributed by atoms with E-state index in [1.165, 1.54) is 0 Å². The lowest BCUT2D eigenvalue weighted by Crippen LogP contribution is -2.34. The zero-order valence-corrected chi connectivity index (χ0v) is 9.02. The van der Waals surface area contributed by atoms with Crippen molar-refractivity contribution in [2.24, 2.45) is 11.3 Å². The lowest BCUT2D eigenvalue weighted by Gasteiger charge is -2.15. The third-order valence-corrected chi connectivity index (χ3v) is 3.35. The Labute approximate surface area is 95.3 Å². The van der Waals surface area contributed by atoms with Crippen LogP contribution in [0.5, 0.6) is 0 Å². The molecule has 0 amide bonds. The molecule has 0 saturated heterocycles. The van der Waals surface area contributed by atoms with Crippen molar-refractivity contribution in [3.63, 3.8) is 0 Å². The van der Waals surface area contributed by atoms with Gasteiger partial charge in [-0.25, -0.2) is 4.79 Å². The van der Waals surface area contributed by atoms with Crippen LogP contribution in [-0.2, 0) is 6.54 Å². The van der Waals surface area contributed by atoms with Crippen LogP contribution in [0.2, 0.25) is 0 Å². The molecule has 17 heavy (non-hydrogen) atoms. The third kappa shape index (κ3) is 2.03. The Kier molecular flexibility index (Phi) is 2.88. The molecular formula is C10H13FN2O4. The highest BCUT2D eigenvalue weighted by atomic mass is 19.1. The molecule has 1 fully saturated rings. The van der Waals surface area contributed by atoms with Crippen LogP contribution in [-0.4, -0.2) is 33.0 Å². The molecule has 1 aliphatic rings. The average molecular weight is 244 g/mol. The maximum atomic E-state index is 13.0. The summed E-state index contributed by atoms with van der Waals surface area (Å²) in [6.45, 7) is -0.187. The van der Waals surface area contributed by atoms with E-state index in [-0.39, 0.29) is 25.7 Å². The quantitative estimate of drug-likeness (QED) is 0.611. The van der Waals surface area contributed by atoms with Gasteiger partial charge in [-0.3, -0.25) is 14.3 Å². The predicted octanol–water partition coefficient (Wildman–Crippen LogP) is -1.33. The lowest BCUT2D eigenvalue weighted by molar-refractivity contribution is 0.156. The lowest BCUT2D eigenvalue weighted by atomic mass is 10.1. The number of nitrogens with zero attached hydrogens (tertiary/aromatic N) is 1. The molecule has 1 aromatic rings. The van der Waals surface area contributed by atoms with Gasteiger partial charge in [-0.2, -0.15) is 4.39 Å². The van der Waals surface area contributed by atoms with Gasteiger partial charge in [-0.15, -0.1) is 0 Å². The maximum Gasteiger partial charge on any atom is 0.328 e. The highest BCUT2D eigenvalue weighted by Gasteiger charge is 2.53. The van der Waals surface area contributed by atoms with E-state index < -0.39 is 22.5 Å². The van der Waals surface area contributed by atoms with Gasteiger partial charge in [0.1, 0.15) is 0 Å². The Hall–Kier alpha value is -1.47. The summed E-state index contributed by atoms with van der Waals surface area (Å²) in [5.41, 5.74) is -2.35. The summed E-state index contributed by atoms with van der Waals surface area (Å²) in [7, 11) is 0. The molecule has 0 bridgehead atoms. The Morgan fingerprint density at radius 3 is 2.76 bits per heavy atom. The minimum atomic E-state index is -1.06. The van der Waals surface area contributed by atoms with Gasteiger partial charge >= 0.3 is 5.69 Å². The second-order valence-electron chi connectivity index (χ2n) is 4.47. The zero-order valence-electron chi connectivity index (χ0n) is 9.02. The molecule has 0 radical (unpaired) electrons. The van der Waals surface area contributed by atoms with E-state index in [0.717, 1.165) is 10.8 Å². The molecule has 0 spiro atoms.